The minimum Gasteiger partial charge on any atom is -0.480 e. The lowest BCUT2D eigenvalue weighted by molar-refractivity contribution is -0.143. The highest BCUT2D eigenvalue weighted by molar-refractivity contribution is 5.84. The van der Waals surface area contributed by atoms with Crippen LogP contribution < -0.4 is 10.6 Å². The number of aliphatic carboxylic acids is 1. The van der Waals surface area contributed by atoms with Crippen molar-refractivity contribution in [3.8, 4) is 0 Å². The van der Waals surface area contributed by atoms with Gasteiger partial charge in [0.2, 0.25) is 5.91 Å². The summed E-state index contributed by atoms with van der Waals surface area (Å²) in [5.74, 6) is -1.15. The monoisotopic (exact) mass is 290 g/mol. The van der Waals surface area contributed by atoms with Gasteiger partial charge in [0.1, 0.15) is 6.04 Å². The van der Waals surface area contributed by atoms with Gasteiger partial charge in [-0.3, -0.25) is 4.79 Å². The quantitative estimate of drug-likeness (QED) is 0.750. The molecule has 1 aliphatic heterocycles. The Morgan fingerprint density at radius 2 is 2.14 bits per heavy atom. The highest BCUT2D eigenvalue weighted by atomic mass is 16.4. The summed E-state index contributed by atoms with van der Waals surface area (Å²) in [5.41, 5.74) is 2.19. The second kappa shape index (κ2) is 6.61. The van der Waals surface area contributed by atoms with E-state index in [2.05, 4.69) is 10.6 Å². The number of carbonyl (C=O) groups is 2. The Balaban J connectivity index is 1.98. The number of carboxylic acids is 1. The maximum atomic E-state index is 12.1. The van der Waals surface area contributed by atoms with Crippen molar-refractivity contribution in [2.45, 2.75) is 38.6 Å². The number of amides is 1. The van der Waals surface area contributed by atoms with E-state index in [4.69, 9.17) is 0 Å². The molecule has 0 saturated heterocycles. The van der Waals surface area contributed by atoms with Crippen molar-refractivity contribution < 1.29 is 14.7 Å². The van der Waals surface area contributed by atoms with Crippen LogP contribution in [0.25, 0.3) is 0 Å². The van der Waals surface area contributed by atoms with Crippen molar-refractivity contribution in [2.24, 2.45) is 5.92 Å². The normalized spacial score (nSPS) is 19.2. The van der Waals surface area contributed by atoms with Crippen molar-refractivity contribution in [3.63, 3.8) is 0 Å². The fraction of sp³-hybridized carbons (Fsp3) is 0.500. The summed E-state index contributed by atoms with van der Waals surface area (Å²) in [6, 6.07) is 7.10. The van der Waals surface area contributed by atoms with Crippen LogP contribution in [-0.4, -0.2) is 29.6 Å². The second-order valence-electron chi connectivity index (χ2n) is 5.64. The average Bonchev–Trinajstić information content (AvgIpc) is 2.87. The fourth-order valence-electron chi connectivity index (χ4n) is 2.68. The third-order valence-corrected chi connectivity index (χ3v) is 4.17. The standard InChI is InChI=1S/C16H22N2O3/c1-3-10(2)15(16(20)21)18-14(19)8-11-9-17-13-7-5-4-6-12(11)13/h4-7,10-11,15,17H,3,8-9H2,1-2H3,(H,18,19)(H,20,21)/t10-,11?,15-/m0/s1. The first-order valence-corrected chi connectivity index (χ1v) is 7.37. The van der Waals surface area contributed by atoms with Crippen LogP contribution >= 0.6 is 0 Å². The zero-order chi connectivity index (χ0) is 15.4. The summed E-state index contributed by atoms with van der Waals surface area (Å²) < 4.78 is 0. The molecule has 2 rings (SSSR count). The van der Waals surface area contributed by atoms with E-state index in [-0.39, 0.29) is 17.7 Å². The molecule has 1 aromatic rings. The van der Waals surface area contributed by atoms with Gasteiger partial charge in [-0.15, -0.1) is 0 Å². The van der Waals surface area contributed by atoms with E-state index in [0.29, 0.717) is 19.4 Å². The van der Waals surface area contributed by atoms with Gasteiger partial charge in [0.15, 0.2) is 0 Å². The summed E-state index contributed by atoms with van der Waals surface area (Å²) >= 11 is 0. The molecule has 114 valence electrons. The molecular weight excluding hydrogens is 268 g/mol. The molecule has 0 saturated carbocycles. The van der Waals surface area contributed by atoms with Crippen LogP contribution in [0.2, 0.25) is 0 Å². The van der Waals surface area contributed by atoms with Crippen molar-refractivity contribution in [1.82, 2.24) is 5.32 Å². The van der Waals surface area contributed by atoms with E-state index in [1.165, 1.54) is 0 Å². The molecule has 1 heterocycles. The van der Waals surface area contributed by atoms with Gasteiger partial charge in [-0.2, -0.15) is 0 Å². The molecule has 0 aliphatic carbocycles. The molecule has 1 aliphatic rings. The minimum atomic E-state index is -0.970. The maximum Gasteiger partial charge on any atom is 0.326 e. The van der Waals surface area contributed by atoms with E-state index >= 15 is 0 Å². The van der Waals surface area contributed by atoms with Gasteiger partial charge in [0.05, 0.1) is 0 Å². The van der Waals surface area contributed by atoms with Gasteiger partial charge in [0, 0.05) is 24.6 Å². The number of carboxylic acid groups (broad SMARTS) is 1. The third-order valence-electron chi connectivity index (χ3n) is 4.17. The van der Waals surface area contributed by atoms with Crippen LogP contribution in [0.3, 0.4) is 0 Å². The highest BCUT2D eigenvalue weighted by Crippen LogP contribution is 2.33. The van der Waals surface area contributed by atoms with Gasteiger partial charge in [-0.1, -0.05) is 38.5 Å². The lowest BCUT2D eigenvalue weighted by Crippen LogP contribution is -2.45. The molecule has 1 aromatic carbocycles. The number of para-hydroxylation sites is 1. The van der Waals surface area contributed by atoms with Crippen LogP contribution in [0.5, 0.6) is 0 Å². The number of benzene rings is 1. The van der Waals surface area contributed by atoms with Crippen LogP contribution in [0, 0.1) is 5.92 Å². The second-order valence-corrected chi connectivity index (χ2v) is 5.64. The fourth-order valence-corrected chi connectivity index (χ4v) is 2.68. The minimum absolute atomic E-state index is 0.0829. The summed E-state index contributed by atoms with van der Waals surface area (Å²) in [4.78, 5) is 23.4. The average molecular weight is 290 g/mol. The predicted molar refractivity (Wildman–Crippen MR) is 81.3 cm³/mol. The smallest absolute Gasteiger partial charge is 0.326 e. The summed E-state index contributed by atoms with van der Waals surface area (Å²) in [6.07, 6.45) is 1.02. The van der Waals surface area contributed by atoms with E-state index in [1.807, 2.05) is 38.1 Å². The van der Waals surface area contributed by atoms with Crippen molar-refractivity contribution >= 4 is 17.6 Å². The topological polar surface area (TPSA) is 78.4 Å². The number of fused-ring (bicyclic) bond motifs is 1. The molecule has 0 bridgehead atoms. The highest BCUT2D eigenvalue weighted by Gasteiger charge is 2.28. The lowest BCUT2D eigenvalue weighted by Gasteiger charge is -2.21. The lowest BCUT2D eigenvalue weighted by atomic mass is 9.96. The molecule has 5 nitrogen and oxygen atoms in total. The Hall–Kier alpha value is -2.04. The predicted octanol–water partition coefficient (Wildman–Crippen LogP) is 2.20. The van der Waals surface area contributed by atoms with Gasteiger partial charge < -0.3 is 15.7 Å². The molecule has 5 heteroatoms. The van der Waals surface area contributed by atoms with E-state index < -0.39 is 12.0 Å². The summed E-state index contributed by atoms with van der Waals surface area (Å²) in [6.45, 7) is 4.48. The Bertz CT molecular complexity index is 530. The van der Waals surface area contributed by atoms with Crippen LogP contribution in [0.4, 0.5) is 5.69 Å². The molecule has 21 heavy (non-hydrogen) atoms. The maximum absolute atomic E-state index is 12.1. The molecule has 0 aromatic heterocycles. The van der Waals surface area contributed by atoms with Gasteiger partial charge >= 0.3 is 5.97 Å². The zero-order valence-corrected chi connectivity index (χ0v) is 12.4. The van der Waals surface area contributed by atoms with Gasteiger partial charge in [-0.25, -0.2) is 4.79 Å². The van der Waals surface area contributed by atoms with Crippen molar-refractivity contribution in [2.75, 3.05) is 11.9 Å². The van der Waals surface area contributed by atoms with E-state index in [0.717, 1.165) is 11.3 Å². The number of nitrogens with one attached hydrogen (secondary N) is 2. The molecule has 3 atom stereocenters. The molecule has 0 fully saturated rings. The van der Waals surface area contributed by atoms with E-state index in [1.54, 1.807) is 0 Å². The molecule has 1 amide bonds. The van der Waals surface area contributed by atoms with Crippen LogP contribution in [0.1, 0.15) is 38.2 Å². The Morgan fingerprint density at radius 1 is 1.43 bits per heavy atom. The summed E-state index contributed by atoms with van der Waals surface area (Å²) in [7, 11) is 0. The zero-order valence-electron chi connectivity index (χ0n) is 12.4. The van der Waals surface area contributed by atoms with Crippen LogP contribution in [-0.2, 0) is 9.59 Å². The SMILES string of the molecule is CC[C@H](C)[C@H](NC(=O)CC1CNc2ccccc21)C(=O)O. The summed E-state index contributed by atoms with van der Waals surface area (Å²) in [5, 5.41) is 15.1. The number of anilines is 1. The first-order valence-electron chi connectivity index (χ1n) is 7.37. The number of hydrogen-bond acceptors (Lipinski definition) is 3. The van der Waals surface area contributed by atoms with Crippen molar-refractivity contribution in [3.05, 3.63) is 29.8 Å². The molecule has 3 N–H and O–H groups in total. The third kappa shape index (κ3) is 3.54. The van der Waals surface area contributed by atoms with Gasteiger partial charge in [0.25, 0.3) is 0 Å². The van der Waals surface area contributed by atoms with Crippen LogP contribution in [0.15, 0.2) is 24.3 Å². The first kappa shape index (κ1) is 15.4. The Morgan fingerprint density at radius 3 is 2.81 bits per heavy atom. The molecule has 0 spiro atoms. The molecule has 1 unspecified atom stereocenters. The van der Waals surface area contributed by atoms with Gasteiger partial charge in [-0.05, 0) is 17.5 Å². The molecular formula is C16H22N2O3. The van der Waals surface area contributed by atoms with Crippen molar-refractivity contribution in [1.29, 1.82) is 0 Å². The number of carbonyl (C=O) groups excluding carboxylic acids is 1. The molecule has 0 radical (unpaired) electrons. The number of rotatable bonds is 6. The largest absolute Gasteiger partial charge is 0.480 e. The van der Waals surface area contributed by atoms with E-state index in [9.17, 15) is 14.7 Å². The first-order chi connectivity index (χ1) is 10.0. The Labute approximate surface area is 124 Å². The number of hydrogen-bond donors (Lipinski definition) is 3. The Kier molecular flexibility index (Phi) is 4.83.